The molecule has 7 nitrogen and oxygen atoms in total. The third kappa shape index (κ3) is 4.49. The van der Waals surface area contributed by atoms with Crippen molar-refractivity contribution in [1.82, 2.24) is 20.1 Å². The van der Waals surface area contributed by atoms with Crippen molar-refractivity contribution >= 4 is 17.5 Å². The summed E-state index contributed by atoms with van der Waals surface area (Å²) in [5, 5.41) is 7.52. The molecule has 0 aliphatic carbocycles. The lowest BCUT2D eigenvalue weighted by molar-refractivity contribution is 0.0951. The molecular formula is C17H21ClN4O3. The Morgan fingerprint density at radius 3 is 2.96 bits per heavy atom. The number of nitrogens with zero attached hydrogens (tertiary/aromatic N) is 3. The molecule has 1 unspecified atom stereocenters. The SMILES string of the molecule is Cc1cc(C)n(CCNC(=O)c2cnc(OC3CCOC3)c(Cl)c2)n1. The third-order valence-electron chi connectivity index (χ3n) is 3.95. The van der Waals surface area contributed by atoms with Gasteiger partial charge in [-0.05, 0) is 26.0 Å². The van der Waals surface area contributed by atoms with Crippen molar-refractivity contribution in [3.05, 3.63) is 40.3 Å². The van der Waals surface area contributed by atoms with Crippen LogP contribution in [-0.2, 0) is 11.3 Å². The number of rotatable bonds is 6. The van der Waals surface area contributed by atoms with Crippen molar-refractivity contribution in [2.75, 3.05) is 19.8 Å². The number of amides is 1. The highest BCUT2D eigenvalue weighted by Crippen LogP contribution is 2.25. The molecule has 25 heavy (non-hydrogen) atoms. The van der Waals surface area contributed by atoms with E-state index in [2.05, 4.69) is 15.4 Å². The quantitative estimate of drug-likeness (QED) is 0.849. The van der Waals surface area contributed by atoms with Gasteiger partial charge in [0, 0.05) is 24.9 Å². The molecule has 2 aromatic heterocycles. The first-order valence-electron chi connectivity index (χ1n) is 8.22. The minimum Gasteiger partial charge on any atom is -0.471 e. The van der Waals surface area contributed by atoms with E-state index >= 15 is 0 Å². The van der Waals surface area contributed by atoms with E-state index in [9.17, 15) is 4.79 Å². The molecule has 134 valence electrons. The molecule has 0 radical (unpaired) electrons. The van der Waals surface area contributed by atoms with Crippen LogP contribution in [0.4, 0.5) is 0 Å². The number of carbonyl (C=O) groups excluding carboxylic acids is 1. The highest BCUT2D eigenvalue weighted by atomic mass is 35.5. The van der Waals surface area contributed by atoms with Gasteiger partial charge >= 0.3 is 0 Å². The van der Waals surface area contributed by atoms with E-state index in [1.165, 1.54) is 6.20 Å². The number of aromatic nitrogens is 3. The Morgan fingerprint density at radius 1 is 1.48 bits per heavy atom. The van der Waals surface area contributed by atoms with Crippen molar-refractivity contribution in [3.8, 4) is 5.88 Å². The van der Waals surface area contributed by atoms with Crippen LogP contribution in [0.5, 0.6) is 5.88 Å². The average molecular weight is 365 g/mol. The zero-order valence-corrected chi connectivity index (χ0v) is 15.0. The maximum atomic E-state index is 12.2. The van der Waals surface area contributed by atoms with Gasteiger partial charge in [-0.3, -0.25) is 9.48 Å². The molecule has 0 aromatic carbocycles. The van der Waals surface area contributed by atoms with Crippen LogP contribution in [0.3, 0.4) is 0 Å². The van der Waals surface area contributed by atoms with E-state index in [0.717, 1.165) is 17.8 Å². The molecule has 1 atom stereocenters. The summed E-state index contributed by atoms with van der Waals surface area (Å²) in [5.74, 6) is 0.100. The molecule has 2 aromatic rings. The maximum Gasteiger partial charge on any atom is 0.252 e. The van der Waals surface area contributed by atoms with Crippen LogP contribution in [0.2, 0.25) is 5.02 Å². The first-order chi connectivity index (χ1) is 12.0. The molecule has 1 amide bonds. The van der Waals surface area contributed by atoms with E-state index in [4.69, 9.17) is 21.1 Å². The lowest BCUT2D eigenvalue weighted by Gasteiger charge is -2.12. The van der Waals surface area contributed by atoms with E-state index in [0.29, 0.717) is 42.8 Å². The third-order valence-corrected chi connectivity index (χ3v) is 4.22. The van der Waals surface area contributed by atoms with Gasteiger partial charge in [0.1, 0.15) is 11.1 Å². The van der Waals surface area contributed by atoms with Crippen molar-refractivity contribution in [1.29, 1.82) is 0 Å². The van der Waals surface area contributed by atoms with Crippen molar-refractivity contribution in [2.45, 2.75) is 32.9 Å². The Morgan fingerprint density at radius 2 is 2.32 bits per heavy atom. The Labute approximate surface area is 151 Å². The fourth-order valence-electron chi connectivity index (χ4n) is 2.68. The molecule has 1 aliphatic heterocycles. The zero-order chi connectivity index (χ0) is 17.8. The predicted molar refractivity (Wildman–Crippen MR) is 93.1 cm³/mol. The first-order valence-corrected chi connectivity index (χ1v) is 8.60. The minimum atomic E-state index is -0.230. The molecular weight excluding hydrogens is 344 g/mol. The molecule has 0 spiro atoms. The largest absolute Gasteiger partial charge is 0.471 e. The summed E-state index contributed by atoms with van der Waals surface area (Å²) in [6, 6.07) is 3.57. The van der Waals surface area contributed by atoms with Gasteiger partial charge in [0.2, 0.25) is 5.88 Å². The van der Waals surface area contributed by atoms with Crippen molar-refractivity contribution in [3.63, 3.8) is 0 Å². The highest BCUT2D eigenvalue weighted by molar-refractivity contribution is 6.32. The number of halogens is 1. The monoisotopic (exact) mass is 364 g/mol. The van der Waals surface area contributed by atoms with Crippen LogP contribution in [0.25, 0.3) is 0 Å². The summed E-state index contributed by atoms with van der Waals surface area (Å²) in [7, 11) is 0. The average Bonchev–Trinajstić information content (AvgIpc) is 3.19. The van der Waals surface area contributed by atoms with Crippen LogP contribution in [0, 0.1) is 13.8 Å². The van der Waals surface area contributed by atoms with Gasteiger partial charge < -0.3 is 14.8 Å². The molecule has 3 heterocycles. The number of hydrogen-bond acceptors (Lipinski definition) is 5. The zero-order valence-electron chi connectivity index (χ0n) is 14.3. The standard InChI is InChI=1S/C17H21ClN4O3/c1-11-7-12(2)22(21-11)5-4-19-16(23)13-8-15(18)17(20-9-13)25-14-3-6-24-10-14/h7-9,14H,3-6,10H2,1-2H3,(H,19,23). The second-order valence-electron chi connectivity index (χ2n) is 6.02. The molecule has 1 aliphatic rings. The summed E-state index contributed by atoms with van der Waals surface area (Å²) in [5.41, 5.74) is 2.42. The van der Waals surface area contributed by atoms with Gasteiger partial charge in [-0.1, -0.05) is 11.6 Å². The second kappa shape index (κ2) is 7.84. The lowest BCUT2D eigenvalue weighted by Crippen LogP contribution is -2.28. The Balaban J connectivity index is 1.54. The van der Waals surface area contributed by atoms with Crippen LogP contribution >= 0.6 is 11.6 Å². The first kappa shape index (κ1) is 17.7. The summed E-state index contributed by atoms with van der Waals surface area (Å²) in [6.07, 6.45) is 2.24. The maximum absolute atomic E-state index is 12.2. The van der Waals surface area contributed by atoms with E-state index in [1.807, 2.05) is 24.6 Å². The Bertz CT molecular complexity index is 756. The van der Waals surface area contributed by atoms with Gasteiger partial charge in [0.15, 0.2) is 0 Å². The van der Waals surface area contributed by atoms with Gasteiger partial charge in [-0.2, -0.15) is 5.10 Å². The number of pyridine rings is 1. The van der Waals surface area contributed by atoms with Gasteiger partial charge in [0.25, 0.3) is 5.91 Å². The molecule has 1 fully saturated rings. The van der Waals surface area contributed by atoms with Crippen molar-refractivity contribution < 1.29 is 14.3 Å². The number of carbonyl (C=O) groups is 1. The molecule has 0 saturated carbocycles. The summed E-state index contributed by atoms with van der Waals surface area (Å²) in [4.78, 5) is 16.4. The number of nitrogens with one attached hydrogen (secondary N) is 1. The van der Waals surface area contributed by atoms with Crippen LogP contribution in [0.1, 0.15) is 28.2 Å². The molecule has 0 bridgehead atoms. The normalized spacial score (nSPS) is 16.8. The summed E-state index contributed by atoms with van der Waals surface area (Å²) < 4.78 is 12.8. The van der Waals surface area contributed by atoms with E-state index < -0.39 is 0 Å². The van der Waals surface area contributed by atoms with Crippen molar-refractivity contribution in [2.24, 2.45) is 0 Å². The second-order valence-corrected chi connectivity index (χ2v) is 6.43. The topological polar surface area (TPSA) is 78.3 Å². The summed E-state index contributed by atoms with van der Waals surface area (Å²) >= 11 is 6.18. The molecule has 1 saturated heterocycles. The highest BCUT2D eigenvalue weighted by Gasteiger charge is 2.20. The minimum absolute atomic E-state index is 0.0366. The van der Waals surface area contributed by atoms with Gasteiger partial charge in [0.05, 0.1) is 31.0 Å². The number of hydrogen-bond donors (Lipinski definition) is 1. The molecule has 8 heteroatoms. The summed E-state index contributed by atoms with van der Waals surface area (Å²) in [6.45, 7) is 6.22. The fraction of sp³-hybridized carbons (Fsp3) is 0.471. The molecule has 3 rings (SSSR count). The van der Waals surface area contributed by atoms with Gasteiger partial charge in [-0.25, -0.2) is 4.98 Å². The van der Waals surface area contributed by atoms with Gasteiger partial charge in [-0.15, -0.1) is 0 Å². The predicted octanol–water partition coefficient (Wildman–Crippen LogP) is 2.15. The molecule has 1 N–H and O–H groups in total. The Hall–Kier alpha value is -2.12. The number of ether oxygens (including phenoxy) is 2. The lowest BCUT2D eigenvalue weighted by atomic mass is 10.2. The van der Waals surface area contributed by atoms with Crippen LogP contribution in [0.15, 0.2) is 18.3 Å². The fourth-order valence-corrected chi connectivity index (χ4v) is 2.89. The van der Waals surface area contributed by atoms with Crippen LogP contribution < -0.4 is 10.1 Å². The Kier molecular flexibility index (Phi) is 5.55. The van der Waals surface area contributed by atoms with E-state index in [1.54, 1.807) is 6.07 Å². The van der Waals surface area contributed by atoms with E-state index in [-0.39, 0.29) is 12.0 Å². The number of aryl methyl sites for hydroxylation is 2. The van der Waals surface area contributed by atoms with Crippen LogP contribution in [-0.4, -0.2) is 46.5 Å². The smallest absolute Gasteiger partial charge is 0.252 e.